The fourth-order valence-electron chi connectivity index (χ4n) is 10.4. The Morgan fingerprint density at radius 3 is 1.07 bits per heavy atom. The molecule has 2 nitrogen and oxygen atoms in total. The second kappa shape index (κ2) is 17.5. The minimum absolute atomic E-state index is 0.269. The topological polar surface area (TPSA) is 6.48 Å². The predicted octanol–water partition coefficient (Wildman–Crippen LogP) is 18.8. The van der Waals surface area contributed by atoms with Gasteiger partial charge in [0.05, 0.1) is 5.69 Å². The van der Waals surface area contributed by atoms with E-state index in [4.69, 9.17) is 0 Å². The molecule has 11 aromatic rings. The van der Waals surface area contributed by atoms with Crippen molar-refractivity contribution >= 4 is 44.9 Å². The molecule has 0 saturated carbocycles. The van der Waals surface area contributed by atoms with Crippen LogP contribution < -0.4 is 9.80 Å². The van der Waals surface area contributed by atoms with Gasteiger partial charge in [0, 0.05) is 39.2 Å². The van der Waals surface area contributed by atoms with Crippen molar-refractivity contribution in [3.05, 3.63) is 278 Å². The van der Waals surface area contributed by atoms with Crippen molar-refractivity contribution in [3.63, 3.8) is 0 Å². The van der Waals surface area contributed by atoms with Gasteiger partial charge in [0.2, 0.25) is 0 Å². The molecule has 0 amide bonds. The molecule has 0 fully saturated rings. The van der Waals surface area contributed by atoms with Crippen molar-refractivity contribution in [2.24, 2.45) is 0 Å². The van der Waals surface area contributed by atoms with Crippen LogP contribution in [0.2, 0.25) is 0 Å². The number of anilines is 6. The van der Waals surface area contributed by atoms with Gasteiger partial charge in [-0.05, 0) is 139 Å². The number of rotatable bonds is 10. The van der Waals surface area contributed by atoms with Crippen LogP contribution in [-0.4, -0.2) is 0 Å². The Balaban J connectivity index is 0.888. The number of hydrogen-bond donors (Lipinski definition) is 0. The highest BCUT2D eigenvalue weighted by atomic mass is 15.1. The van der Waals surface area contributed by atoms with E-state index in [0.29, 0.717) is 0 Å². The zero-order valence-corrected chi connectivity index (χ0v) is 38.8. The van der Waals surface area contributed by atoms with Crippen molar-refractivity contribution < 1.29 is 0 Å². The van der Waals surface area contributed by atoms with Gasteiger partial charge in [-0.15, -0.1) is 0 Å². The van der Waals surface area contributed by atoms with Crippen molar-refractivity contribution in [2.75, 3.05) is 9.80 Å². The molecule has 0 radical (unpaired) electrons. The van der Waals surface area contributed by atoms with Crippen molar-refractivity contribution in [1.29, 1.82) is 0 Å². The highest BCUT2D eigenvalue weighted by Crippen LogP contribution is 2.53. The van der Waals surface area contributed by atoms with Crippen LogP contribution in [-0.2, 0) is 5.41 Å². The molecule has 0 atom stereocenters. The van der Waals surface area contributed by atoms with Crippen LogP contribution in [0.15, 0.2) is 267 Å². The van der Waals surface area contributed by atoms with Crippen molar-refractivity contribution in [1.82, 2.24) is 0 Å². The molecule has 1 aliphatic rings. The second-order valence-corrected chi connectivity index (χ2v) is 18.6. The van der Waals surface area contributed by atoms with Crippen LogP contribution in [0.1, 0.15) is 25.0 Å². The van der Waals surface area contributed by atoms with E-state index in [9.17, 15) is 0 Å². The van der Waals surface area contributed by atoms with E-state index in [2.05, 4.69) is 291 Å². The molecule has 0 saturated heterocycles. The Labute approximate surface area is 405 Å². The molecule has 69 heavy (non-hydrogen) atoms. The van der Waals surface area contributed by atoms with E-state index in [1.165, 1.54) is 77.5 Å². The quantitative estimate of drug-likeness (QED) is 0.135. The van der Waals surface area contributed by atoms with Crippen LogP contribution in [0.5, 0.6) is 0 Å². The minimum atomic E-state index is -0.269. The number of para-hydroxylation sites is 1. The lowest BCUT2D eigenvalue weighted by atomic mass is 9.82. The normalized spacial score (nSPS) is 12.3. The lowest BCUT2D eigenvalue weighted by Gasteiger charge is -2.30. The van der Waals surface area contributed by atoms with Crippen molar-refractivity contribution in [2.45, 2.75) is 19.3 Å². The average Bonchev–Trinajstić information content (AvgIpc) is 3.64. The number of benzene rings is 11. The molecular weight excluding hydrogens is 833 g/mol. The van der Waals surface area contributed by atoms with E-state index in [1.807, 2.05) is 0 Å². The van der Waals surface area contributed by atoms with Crippen LogP contribution in [0.25, 0.3) is 66.4 Å². The van der Waals surface area contributed by atoms with Crippen molar-refractivity contribution in [3.8, 4) is 55.6 Å². The number of hydrogen-bond acceptors (Lipinski definition) is 2. The van der Waals surface area contributed by atoms with Gasteiger partial charge >= 0.3 is 0 Å². The lowest BCUT2D eigenvalue weighted by Crippen LogP contribution is -2.17. The molecule has 0 bridgehead atoms. The number of fused-ring (bicyclic) bond motifs is 4. The first kappa shape index (κ1) is 41.7. The summed E-state index contributed by atoms with van der Waals surface area (Å²) in [6.07, 6.45) is 0. The summed E-state index contributed by atoms with van der Waals surface area (Å²) < 4.78 is 0. The van der Waals surface area contributed by atoms with Gasteiger partial charge in [-0.3, -0.25) is 0 Å². The monoisotopic (exact) mass is 882 g/mol. The van der Waals surface area contributed by atoms with Gasteiger partial charge in [0.1, 0.15) is 0 Å². The molecule has 12 rings (SSSR count). The molecule has 0 aliphatic heterocycles. The van der Waals surface area contributed by atoms with Gasteiger partial charge in [-0.25, -0.2) is 0 Å². The Hall–Kier alpha value is -8.72. The zero-order chi connectivity index (χ0) is 46.3. The molecule has 1 aliphatic carbocycles. The molecule has 0 unspecified atom stereocenters. The Kier molecular flexibility index (Phi) is 10.6. The highest BCUT2D eigenvalue weighted by molar-refractivity contribution is 6.00. The largest absolute Gasteiger partial charge is 0.310 e. The fourth-order valence-corrected chi connectivity index (χ4v) is 10.4. The maximum atomic E-state index is 2.44. The first-order valence-corrected chi connectivity index (χ1v) is 23.9. The number of nitrogens with zero attached hydrogens (tertiary/aromatic N) is 2. The Bertz CT molecular complexity index is 3570. The highest BCUT2D eigenvalue weighted by Gasteiger charge is 2.37. The molecular formula is C67H50N2. The van der Waals surface area contributed by atoms with E-state index >= 15 is 0 Å². The minimum Gasteiger partial charge on any atom is -0.310 e. The van der Waals surface area contributed by atoms with E-state index < -0.39 is 0 Å². The zero-order valence-electron chi connectivity index (χ0n) is 38.8. The molecule has 2 heteroatoms. The summed E-state index contributed by atoms with van der Waals surface area (Å²) in [6, 6.07) is 97.2. The van der Waals surface area contributed by atoms with Crippen LogP contribution in [0, 0.1) is 0 Å². The molecule has 328 valence electrons. The van der Waals surface area contributed by atoms with E-state index in [1.54, 1.807) is 0 Å². The third-order valence-corrected chi connectivity index (χ3v) is 14.1. The van der Waals surface area contributed by atoms with Gasteiger partial charge < -0.3 is 9.80 Å². The Morgan fingerprint density at radius 2 is 0.594 bits per heavy atom. The van der Waals surface area contributed by atoms with Gasteiger partial charge in [0.25, 0.3) is 0 Å². The lowest BCUT2D eigenvalue weighted by molar-refractivity contribution is 0.660. The predicted molar refractivity (Wildman–Crippen MR) is 293 cm³/mol. The SMILES string of the molecule is CC1(C)c2cc(N(c3ccccc3)c3ccc(-c4ccc(-c5ccccc5)cc4)cc3)ccc2-c2ccc(N(c3ccc(-c4ccc(-c5ccccc5)cc4)cc3)c3cccc4ccccc34)cc21. The maximum absolute atomic E-state index is 2.44. The van der Waals surface area contributed by atoms with Crippen LogP contribution >= 0.6 is 0 Å². The molecule has 0 heterocycles. The molecule has 0 N–H and O–H groups in total. The molecule has 0 aromatic heterocycles. The molecule has 0 spiro atoms. The van der Waals surface area contributed by atoms with E-state index in [-0.39, 0.29) is 5.41 Å². The third-order valence-electron chi connectivity index (χ3n) is 14.1. The average molecular weight is 883 g/mol. The summed E-state index contributed by atoms with van der Waals surface area (Å²) in [5.74, 6) is 0. The van der Waals surface area contributed by atoms with Crippen LogP contribution in [0.4, 0.5) is 34.1 Å². The first-order chi connectivity index (χ1) is 34.0. The van der Waals surface area contributed by atoms with Gasteiger partial charge in [-0.2, -0.15) is 0 Å². The summed E-state index contributed by atoms with van der Waals surface area (Å²) >= 11 is 0. The fraction of sp³-hybridized carbons (Fsp3) is 0.0448. The standard InChI is InChI=1S/C67H50N2/c1-67(2)64-45-59(68(56-21-10-5-11-22-56)57-37-33-53(34-38-57)51-29-25-49(26-30-51)47-15-6-3-7-16-47)41-43-62(64)63-44-42-60(46-65(63)67)69(66-24-14-20-55-19-12-13-23-61(55)66)58-39-35-54(36-40-58)52-31-27-50(28-32-52)48-17-8-4-9-18-48/h3-46H,1-2H3. The third kappa shape index (κ3) is 7.76. The van der Waals surface area contributed by atoms with E-state index in [0.717, 1.165) is 34.1 Å². The second-order valence-electron chi connectivity index (χ2n) is 18.6. The summed E-state index contributed by atoms with van der Waals surface area (Å²) in [4.78, 5) is 4.82. The summed E-state index contributed by atoms with van der Waals surface area (Å²) in [7, 11) is 0. The maximum Gasteiger partial charge on any atom is 0.0540 e. The summed E-state index contributed by atoms with van der Waals surface area (Å²) in [6.45, 7) is 4.77. The van der Waals surface area contributed by atoms with Gasteiger partial charge in [0.15, 0.2) is 0 Å². The van der Waals surface area contributed by atoms with Crippen LogP contribution in [0.3, 0.4) is 0 Å². The smallest absolute Gasteiger partial charge is 0.0540 e. The first-order valence-electron chi connectivity index (χ1n) is 23.9. The Morgan fingerprint density at radius 1 is 0.261 bits per heavy atom. The van der Waals surface area contributed by atoms with Gasteiger partial charge in [-0.1, -0.05) is 214 Å². The summed E-state index contributed by atoms with van der Waals surface area (Å²) in [5.41, 5.74) is 21.4. The summed E-state index contributed by atoms with van der Waals surface area (Å²) in [5, 5.41) is 2.43. The molecule has 11 aromatic carbocycles.